The Balaban J connectivity index is 1.45. The molecule has 2 amide bonds. The summed E-state index contributed by atoms with van der Waals surface area (Å²) in [6, 6.07) is 14.6. The molecule has 1 aliphatic rings. The van der Waals surface area contributed by atoms with Crippen molar-refractivity contribution in [1.29, 1.82) is 0 Å². The van der Waals surface area contributed by atoms with Crippen LogP contribution in [0.1, 0.15) is 43.0 Å². The van der Waals surface area contributed by atoms with E-state index >= 15 is 0 Å². The Bertz CT molecular complexity index is 862. The number of carbonyl (C=O) groups excluding carboxylic acids is 2. The van der Waals surface area contributed by atoms with Gasteiger partial charge in [-0.15, -0.1) is 0 Å². The van der Waals surface area contributed by atoms with Crippen molar-refractivity contribution in [2.45, 2.75) is 32.6 Å². The van der Waals surface area contributed by atoms with Crippen LogP contribution in [0.5, 0.6) is 5.75 Å². The smallest absolute Gasteiger partial charge is 0.253 e. The fourth-order valence-corrected chi connectivity index (χ4v) is 3.60. The largest absolute Gasteiger partial charge is 0.491 e. The number of amides is 2. The summed E-state index contributed by atoms with van der Waals surface area (Å²) >= 11 is 0. The van der Waals surface area contributed by atoms with E-state index < -0.39 is 0 Å². The molecule has 3 rings (SSSR count). The minimum absolute atomic E-state index is 0.0829. The van der Waals surface area contributed by atoms with Gasteiger partial charge in [0.05, 0.1) is 13.2 Å². The number of nitrogens with zero attached hydrogens (tertiary/aromatic N) is 1. The van der Waals surface area contributed by atoms with E-state index in [0.29, 0.717) is 36.8 Å². The highest BCUT2D eigenvalue weighted by molar-refractivity contribution is 5.95. The number of nitrogens with one attached hydrogen (secondary N) is 2. The monoisotopic (exact) mass is 439 g/mol. The molecule has 0 saturated carbocycles. The van der Waals surface area contributed by atoms with Gasteiger partial charge in [0.1, 0.15) is 12.4 Å². The van der Waals surface area contributed by atoms with Crippen LogP contribution < -0.4 is 15.4 Å². The van der Waals surface area contributed by atoms with Gasteiger partial charge >= 0.3 is 0 Å². The third-order valence-electron chi connectivity index (χ3n) is 5.30. The molecule has 0 aromatic heterocycles. The molecular weight excluding hydrogens is 406 g/mol. The zero-order chi connectivity index (χ0) is 22.6. The van der Waals surface area contributed by atoms with Crippen LogP contribution >= 0.6 is 0 Å². The van der Waals surface area contributed by atoms with Crippen molar-refractivity contribution in [3.63, 3.8) is 0 Å². The molecule has 7 heteroatoms. The fraction of sp³-hybridized carbons (Fsp3) is 0.440. The number of hydrogen-bond donors (Lipinski definition) is 2. The summed E-state index contributed by atoms with van der Waals surface area (Å²) in [6.07, 6.45) is 4.53. The highest BCUT2D eigenvalue weighted by Gasteiger charge is 2.17. The molecule has 1 fully saturated rings. The first-order valence-corrected chi connectivity index (χ1v) is 11.4. The van der Waals surface area contributed by atoms with Gasteiger partial charge in [-0.1, -0.05) is 18.9 Å². The second-order valence-electron chi connectivity index (χ2n) is 7.76. The summed E-state index contributed by atoms with van der Waals surface area (Å²) in [5.74, 6) is 0.598. The minimum atomic E-state index is -0.166. The van der Waals surface area contributed by atoms with E-state index in [4.69, 9.17) is 9.47 Å². The molecule has 0 spiro atoms. The molecule has 2 aromatic carbocycles. The second-order valence-corrected chi connectivity index (χ2v) is 7.76. The van der Waals surface area contributed by atoms with E-state index in [0.717, 1.165) is 31.6 Å². The standard InChI is InChI=1S/C25H33N3O4/c1-2-31-16-17-32-23-9-7-8-22(18-23)27-24(29)19-26-21-12-10-20(11-13-21)25(30)28-14-5-3-4-6-15-28/h7-13,18,26H,2-6,14-17,19H2,1H3,(H,27,29). The van der Waals surface area contributed by atoms with Crippen molar-refractivity contribution in [3.05, 3.63) is 54.1 Å². The molecule has 1 aliphatic heterocycles. The maximum Gasteiger partial charge on any atom is 0.253 e. The van der Waals surface area contributed by atoms with Gasteiger partial charge in [0.15, 0.2) is 0 Å². The molecule has 0 unspecified atom stereocenters. The summed E-state index contributed by atoms with van der Waals surface area (Å²) < 4.78 is 10.9. The van der Waals surface area contributed by atoms with Gasteiger partial charge in [-0.2, -0.15) is 0 Å². The van der Waals surface area contributed by atoms with Crippen LogP contribution in [0.25, 0.3) is 0 Å². The van der Waals surface area contributed by atoms with Crippen LogP contribution in [-0.4, -0.2) is 56.2 Å². The maximum absolute atomic E-state index is 12.7. The van der Waals surface area contributed by atoms with E-state index in [2.05, 4.69) is 10.6 Å². The quantitative estimate of drug-likeness (QED) is 0.543. The molecule has 0 radical (unpaired) electrons. The predicted molar refractivity (Wildman–Crippen MR) is 126 cm³/mol. The Morgan fingerprint density at radius 2 is 1.69 bits per heavy atom. The van der Waals surface area contributed by atoms with Gasteiger partial charge in [0.2, 0.25) is 5.91 Å². The highest BCUT2D eigenvalue weighted by atomic mass is 16.5. The third-order valence-corrected chi connectivity index (χ3v) is 5.30. The number of likely N-dealkylation sites (tertiary alicyclic amines) is 1. The summed E-state index contributed by atoms with van der Waals surface area (Å²) in [5.41, 5.74) is 2.15. The van der Waals surface area contributed by atoms with Crippen LogP contribution in [0.2, 0.25) is 0 Å². The lowest BCUT2D eigenvalue weighted by Gasteiger charge is -2.20. The zero-order valence-electron chi connectivity index (χ0n) is 18.8. The summed E-state index contributed by atoms with van der Waals surface area (Å²) in [4.78, 5) is 26.9. The lowest BCUT2D eigenvalue weighted by Crippen LogP contribution is -2.31. The normalized spacial score (nSPS) is 13.8. The molecule has 2 aromatic rings. The second kappa shape index (κ2) is 12.7. The lowest BCUT2D eigenvalue weighted by molar-refractivity contribution is -0.114. The van der Waals surface area contributed by atoms with Crippen molar-refractivity contribution in [2.24, 2.45) is 0 Å². The third kappa shape index (κ3) is 7.57. The van der Waals surface area contributed by atoms with Crippen molar-refractivity contribution < 1.29 is 19.1 Å². The van der Waals surface area contributed by atoms with Gasteiger partial charge in [-0.3, -0.25) is 9.59 Å². The van der Waals surface area contributed by atoms with Gasteiger partial charge in [-0.05, 0) is 56.2 Å². The first kappa shape index (κ1) is 23.6. The fourth-order valence-electron chi connectivity index (χ4n) is 3.60. The van der Waals surface area contributed by atoms with E-state index in [-0.39, 0.29) is 18.4 Å². The van der Waals surface area contributed by atoms with Gasteiger partial charge in [-0.25, -0.2) is 0 Å². The molecule has 2 N–H and O–H groups in total. The Labute approximate surface area is 190 Å². The first-order chi connectivity index (χ1) is 15.7. The van der Waals surface area contributed by atoms with Crippen molar-refractivity contribution in [1.82, 2.24) is 4.90 Å². The van der Waals surface area contributed by atoms with Gasteiger partial charge < -0.3 is 25.0 Å². The van der Waals surface area contributed by atoms with Gasteiger partial charge in [0, 0.05) is 42.7 Å². The molecule has 0 bridgehead atoms. The number of hydrogen-bond acceptors (Lipinski definition) is 5. The number of benzene rings is 2. The summed E-state index contributed by atoms with van der Waals surface area (Å²) in [7, 11) is 0. The number of anilines is 2. The van der Waals surface area contributed by atoms with E-state index in [1.165, 1.54) is 12.8 Å². The SMILES string of the molecule is CCOCCOc1cccc(NC(=O)CNc2ccc(C(=O)N3CCCCCC3)cc2)c1. The molecule has 1 heterocycles. The zero-order valence-corrected chi connectivity index (χ0v) is 18.8. The van der Waals surface area contributed by atoms with E-state index in [1.54, 1.807) is 6.07 Å². The molecule has 32 heavy (non-hydrogen) atoms. The highest BCUT2D eigenvalue weighted by Crippen LogP contribution is 2.18. The van der Waals surface area contributed by atoms with E-state index in [9.17, 15) is 9.59 Å². The molecule has 0 aliphatic carbocycles. The molecule has 0 atom stereocenters. The van der Waals surface area contributed by atoms with Crippen LogP contribution in [0.4, 0.5) is 11.4 Å². The summed E-state index contributed by atoms with van der Waals surface area (Å²) in [6.45, 7) is 5.37. The minimum Gasteiger partial charge on any atom is -0.491 e. The number of rotatable bonds is 10. The molecule has 7 nitrogen and oxygen atoms in total. The van der Waals surface area contributed by atoms with Crippen molar-refractivity contribution >= 4 is 23.2 Å². The first-order valence-electron chi connectivity index (χ1n) is 11.4. The Kier molecular flexibility index (Phi) is 9.37. The van der Waals surface area contributed by atoms with Gasteiger partial charge in [0.25, 0.3) is 5.91 Å². The molecule has 172 valence electrons. The van der Waals surface area contributed by atoms with Crippen LogP contribution in [0.3, 0.4) is 0 Å². The number of ether oxygens (including phenoxy) is 2. The summed E-state index contributed by atoms with van der Waals surface area (Å²) in [5, 5.41) is 5.96. The average Bonchev–Trinajstić information content (AvgIpc) is 3.10. The number of carbonyl (C=O) groups is 2. The molecular formula is C25H33N3O4. The Hall–Kier alpha value is -3.06. The van der Waals surface area contributed by atoms with Crippen LogP contribution in [0, 0.1) is 0 Å². The van der Waals surface area contributed by atoms with Crippen molar-refractivity contribution in [3.8, 4) is 5.75 Å². The van der Waals surface area contributed by atoms with Crippen LogP contribution in [0.15, 0.2) is 48.5 Å². The average molecular weight is 440 g/mol. The molecule has 1 saturated heterocycles. The Morgan fingerprint density at radius 1 is 0.938 bits per heavy atom. The topological polar surface area (TPSA) is 79.9 Å². The lowest BCUT2D eigenvalue weighted by atomic mass is 10.1. The maximum atomic E-state index is 12.7. The van der Waals surface area contributed by atoms with Crippen LogP contribution in [-0.2, 0) is 9.53 Å². The predicted octanol–water partition coefficient (Wildman–Crippen LogP) is 4.17. The van der Waals surface area contributed by atoms with E-state index in [1.807, 2.05) is 54.3 Å². The van der Waals surface area contributed by atoms with Crippen molar-refractivity contribution in [2.75, 3.05) is 50.1 Å². The Morgan fingerprint density at radius 3 is 2.41 bits per heavy atom.